The molecule has 12 heteroatoms. The Morgan fingerprint density at radius 2 is 1.82 bits per heavy atom. The number of amides is 2. The highest BCUT2D eigenvalue weighted by Gasteiger charge is 2.44. The van der Waals surface area contributed by atoms with Gasteiger partial charge in [-0.25, -0.2) is 18.4 Å². The van der Waals surface area contributed by atoms with Crippen molar-refractivity contribution in [3.8, 4) is 11.4 Å². The number of hydrogen-bond donors (Lipinski definition) is 1. The van der Waals surface area contributed by atoms with E-state index in [1.807, 2.05) is 41.3 Å². The Hall–Kier alpha value is -4.45. The first kappa shape index (κ1) is 25.8. The molecule has 204 valence electrons. The average molecular weight is 558 g/mol. The number of carbonyl (C=O) groups is 2. The maximum absolute atomic E-state index is 12.6. The van der Waals surface area contributed by atoms with E-state index in [-0.39, 0.29) is 35.0 Å². The maximum atomic E-state index is 12.6. The van der Waals surface area contributed by atoms with Crippen molar-refractivity contribution in [1.82, 2.24) is 30.2 Å². The number of nitrogens with one attached hydrogen (secondary N) is 1. The molecule has 1 N–H and O–H groups in total. The minimum Gasteiger partial charge on any atom is -0.350 e. The second-order valence-corrected chi connectivity index (χ2v) is 12.2. The van der Waals surface area contributed by atoms with Gasteiger partial charge in [0.2, 0.25) is 5.91 Å². The summed E-state index contributed by atoms with van der Waals surface area (Å²) >= 11 is 0. The Labute approximate surface area is 231 Å². The molecular weight excluding hydrogens is 530 g/mol. The molecule has 11 nitrogen and oxygen atoms in total. The summed E-state index contributed by atoms with van der Waals surface area (Å²) in [7, 11) is -3.48. The normalized spacial score (nSPS) is 18.4. The van der Waals surface area contributed by atoms with Crippen LogP contribution in [-0.4, -0.2) is 76.5 Å². The smallest absolute Gasteiger partial charge is 0.253 e. The van der Waals surface area contributed by atoms with Crippen LogP contribution in [0.5, 0.6) is 0 Å². The molecule has 0 saturated carbocycles. The highest BCUT2D eigenvalue weighted by Crippen LogP contribution is 2.34. The fraction of sp³-hybridized carbons (Fsp3) is 0.286. The van der Waals surface area contributed by atoms with E-state index in [0.717, 1.165) is 42.7 Å². The monoisotopic (exact) mass is 557 g/mol. The summed E-state index contributed by atoms with van der Waals surface area (Å²) in [6, 6.07) is 13.4. The van der Waals surface area contributed by atoms with Crippen LogP contribution in [0.25, 0.3) is 22.3 Å². The van der Waals surface area contributed by atoms with Crippen molar-refractivity contribution >= 4 is 38.4 Å². The average Bonchev–Trinajstić information content (AvgIpc) is 3.57. The quantitative estimate of drug-likeness (QED) is 0.378. The third-order valence-electron chi connectivity index (χ3n) is 7.40. The van der Waals surface area contributed by atoms with Gasteiger partial charge in [-0.3, -0.25) is 19.6 Å². The summed E-state index contributed by atoms with van der Waals surface area (Å²) in [4.78, 5) is 46.7. The molecule has 6 rings (SSSR count). The van der Waals surface area contributed by atoms with E-state index in [0.29, 0.717) is 16.9 Å². The van der Waals surface area contributed by atoms with Gasteiger partial charge in [0, 0.05) is 50.2 Å². The molecule has 0 radical (unpaired) electrons. The van der Waals surface area contributed by atoms with Gasteiger partial charge < -0.3 is 15.1 Å². The first-order chi connectivity index (χ1) is 19.2. The van der Waals surface area contributed by atoms with Gasteiger partial charge in [-0.05, 0) is 42.8 Å². The van der Waals surface area contributed by atoms with Gasteiger partial charge in [0.1, 0.15) is 5.82 Å². The minimum absolute atomic E-state index is 0.0198. The van der Waals surface area contributed by atoms with Crippen molar-refractivity contribution < 1.29 is 18.0 Å². The van der Waals surface area contributed by atoms with Gasteiger partial charge in [-0.1, -0.05) is 6.07 Å². The van der Waals surface area contributed by atoms with Crippen molar-refractivity contribution in [2.24, 2.45) is 0 Å². The van der Waals surface area contributed by atoms with Crippen LogP contribution in [0, 0.1) is 0 Å². The number of nitrogens with zero attached hydrogens (tertiary/aromatic N) is 6. The zero-order chi connectivity index (χ0) is 28.0. The fourth-order valence-electron chi connectivity index (χ4n) is 5.38. The van der Waals surface area contributed by atoms with Crippen LogP contribution < -0.4 is 10.2 Å². The van der Waals surface area contributed by atoms with E-state index in [9.17, 15) is 18.0 Å². The second-order valence-electron chi connectivity index (χ2n) is 10.2. The predicted octanol–water partition coefficient (Wildman–Crippen LogP) is 2.23. The van der Waals surface area contributed by atoms with Crippen LogP contribution in [0.15, 0.2) is 66.0 Å². The van der Waals surface area contributed by atoms with Crippen molar-refractivity contribution in [1.29, 1.82) is 0 Å². The summed E-state index contributed by atoms with van der Waals surface area (Å²) in [5.74, 6) is 0.549. The molecule has 4 aromatic heterocycles. The van der Waals surface area contributed by atoms with Gasteiger partial charge in [0.25, 0.3) is 5.91 Å². The first-order valence-electron chi connectivity index (χ1n) is 12.9. The lowest BCUT2D eigenvalue weighted by Crippen LogP contribution is -2.48. The molecule has 2 fully saturated rings. The number of rotatable bonds is 6. The lowest BCUT2D eigenvalue weighted by Gasteiger charge is -2.34. The number of hydrogen-bond acceptors (Lipinski definition) is 9. The largest absolute Gasteiger partial charge is 0.350 e. The minimum atomic E-state index is -3.48. The Kier molecular flexibility index (Phi) is 6.41. The van der Waals surface area contributed by atoms with E-state index in [2.05, 4.69) is 20.2 Å². The van der Waals surface area contributed by atoms with Crippen LogP contribution in [0.3, 0.4) is 0 Å². The molecule has 0 aromatic carbocycles. The number of pyridine rings is 4. The van der Waals surface area contributed by atoms with Gasteiger partial charge in [-0.2, -0.15) is 0 Å². The highest BCUT2D eigenvalue weighted by atomic mass is 32.2. The summed E-state index contributed by atoms with van der Waals surface area (Å²) in [5, 5.41) is 3.61. The molecule has 2 atom stereocenters. The third kappa shape index (κ3) is 4.97. The van der Waals surface area contributed by atoms with Crippen LogP contribution in [-0.2, 0) is 21.2 Å². The summed E-state index contributed by atoms with van der Waals surface area (Å²) < 4.78 is 23.6. The van der Waals surface area contributed by atoms with Crippen LogP contribution in [0.1, 0.15) is 29.4 Å². The van der Waals surface area contributed by atoms with Gasteiger partial charge in [0.15, 0.2) is 9.84 Å². The Morgan fingerprint density at radius 3 is 2.58 bits per heavy atom. The zero-order valence-corrected chi connectivity index (χ0v) is 22.8. The highest BCUT2D eigenvalue weighted by molar-refractivity contribution is 7.90. The van der Waals surface area contributed by atoms with Gasteiger partial charge >= 0.3 is 0 Å². The topological polar surface area (TPSA) is 138 Å². The molecule has 6 heterocycles. The van der Waals surface area contributed by atoms with Gasteiger partial charge in [0.05, 0.1) is 51.7 Å². The van der Waals surface area contributed by atoms with E-state index in [1.165, 1.54) is 18.5 Å². The van der Waals surface area contributed by atoms with Crippen molar-refractivity contribution in [2.75, 3.05) is 24.2 Å². The van der Waals surface area contributed by atoms with E-state index < -0.39 is 15.7 Å². The molecular formula is C28H27N7O4S. The molecule has 2 aliphatic rings. The van der Waals surface area contributed by atoms with Crippen molar-refractivity contribution in [2.45, 2.75) is 36.9 Å². The van der Waals surface area contributed by atoms with Gasteiger partial charge in [-0.15, -0.1) is 0 Å². The van der Waals surface area contributed by atoms with E-state index >= 15 is 0 Å². The fourth-order valence-corrected chi connectivity index (χ4v) is 5.97. The van der Waals surface area contributed by atoms with E-state index in [4.69, 9.17) is 9.97 Å². The number of fused-ring (bicyclic) bond motifs is 3. The number of sulfone groups is 1. The lowest BCUT2D eigenvalue weighted by molar-refractivity contribution is -0.129. The van der Waals surface area contributed by atoms with Crippen LogP contribution in [0.2, 0.25) is 0 Å². The van der Waals surface area contributed by atoms with Crippen molar-refractivity contribution in [3.63, 3.8) is 0 Å². The summed E-state index contributed by atoms with van der Waals surface area (Å²) in [6.45, 7) is 3.26. The predicted molar refractivity (Wildman–Crippen MR) is 148 cm³/mol. The molecule has 40 heavy (non-hydrogen) atoms. The summed E-state index contributed by atoms with van der Waals surface area (Å²) in [6.07, 6.45) is 6.26. The molecule has 2 bridgehead atoms. The summed E-state index contributed by atoms with van der Waals surface area (Å²) in [5.41, 5.74) is 2.92. The molecule has 2 saturated heterocycles. The SMILES string of the molecule is CC(=O)N1CC2CC1CN2c1cccc(-c2ccc3cnc(CNC(=O)c4cncc(S(C)(=O)=O)c4)cc3n2)n1. The van der Waals surface area contributed by atoms with Crippen molar-refractivity contribution in [3.05, 3.63) is 72.3 Å². The molecule has 2 unspecified atom stereocenters. The molecule has 0 spiro atoms. The Morgan fingerprint density at radius 1 is 1.00 bits per heavy atom. The number of piperazine rings is 1. The number of carbonyl (C=O) groups excluding carboxylic acids is 2. The van der Waals surface area contributed by atoms with Crippen LogP contribution >= 0.6 is 0 Å². The molecule has 2 aliphatic heterocycles. The molecule has 0 aliphatic carbocycles. The first-order valence-corrected chi connectivity index (χ1v) is 14.7. The number of anilines is 1. The number of aromatic nitrogens is 4. The maximum Gasteiger partial charge on any atom is 0.253 e. The van der Waals surface area contributed by atoms with Crippen LogP contribution in [0.4, 0.5) is 5.82 Å². The lowest BCUT2D eigenvalue weighted by atomic mass is 10.2. The molecule has 2 amide bonds. The Balaban J connectivity index is 1.19. The standard InChI is InChI=1S/C28H27N7O4S/c1-17(36)34-15-22-10-21(34)16-35(22)27-5-3-4-24(33-27)25-7-6-18-12-30-20(9-26(18)32-25)13-31-28(37)19-8-23(14-29-11-19)40(2,38)39/h3-9,11-12,14,21-22H,10,13,15-16H2,1-2H3,(H,31,37). The van der Waals surface area contributed by atoms with E-state index in [1.54, 1.807) is 13.1 Å². The zero-order valence-electron chi connectivity index (χ0n) is 22.0. The Bertz CT molecular complexity index is 1760. The molecule has 4 aromatic rings. The second kappa shape index (κ2) is 9.94. The third-order valence-corrected chi connectivity index (χ3v) is 8.48. The number of likely N-dealkylation sites (tertiary alicyclic amines) is 1.